The summed E-state index contributed by atoms with van der Waals surface area (Å²) in [4.78, 5) is 4.00. The molecular formula is C12H14FN3O2S2. The van der Waals surface area contributed by atoms with Crippen molar-refractivity contribution < 1.29 is 12.8 Å². The Bertz CT molecular complexity index is 700. The summed E-state index contributed by atoms with van der Waals surface area (Å²) in [7, 11) is -3.72. The molecule has 1 aromatic carbocycles. The smallest absolute Gasteiger partial charge is 0.240 e. The number of nitrogens with two attached hydrogens (primary N) is 1. The Kier molecular flexibility index (Phi) is 4.48. The molecule has 0 aliphatic heterocycles. The van der Waals surface area contributed by atoms with E-state index >= 15 is 0 Å². The third-order valence-electron chi connectivity index (χ3n) is 2.76. The molecule has 0 bridgehead atoms. The summed E-state index contributed by atoms with van der Waals surface area (Å²) < 4.78 is 40.4. The van der Waals surface area contributed by atoms with Crippen molar-refractivity contribution >= 4 is 21.4 Å². The Balaban J connectivity index is 2.27. The first-order valence-corrected chi connectivity index (χ1v) is 8.22. The zero-order chi connectivity index (χ0) is 14.8. The Morgan fingerprint density at radius 2 is 2.20 bits per heavy atom. The van der Waals surface area contributed by atoms with Gasteiger partial charge in [-0.05, 0) is 24.6 Å². The molecular weight excluding hydrogens is 301 g/mol. The SMILES string of the molecule is Cc1cc(S(=O)(=O)NCc2cscn2)cc(CN)c1F. The van der Waals surface area contributed by atoms with Gasteiger partial charge in [-0.1, -0.05) is 0 Å². The second-order valence-corrected chi connectivity index (χ2v) is 6.71. The molecule has 0 fully saturated rings. The van der Waals surface area contributed by atoms with Gasteiger partial charge in [0, 0.05) is 17.5 Å². The number of hydrogen-bond donors (Lipinski definition) is 2. The van der Waals surface area contributed by atoms with Crippen LogP contribution in [0.3, 0.4) is 0 Å². The lowest BCUT2D eigenvalue weighted by Crippen LogP contribution is -2.24. The molecule has 0 atom stereocenters. The van der Waals surface area contributed by atoms with Gasteiger partial charge >= 0.3 is 0 Å². The minimum Gasteiger partial charge on any atom is -0.326 e. The standard InChI is InChI=1S/C12H14FN3O2S2/c1-8-2-11(3-9(4-14)12(8)13)20(17,18)16-5-10-6-19-7-15-10/h2-3,6-7,16H,4-5,14H2,1H3. The number of nitrogens with one attached hydrogen (secondary N) is 1. The number of aryl methyl sites for hydroxylation is 1. The summed E-state index contributed by atoms with van der Waals surface area (Å²) in [5.74, 6) is -0.467. The van der Waals surface area contributed by atoms with Crippen molar-refractivity contribution in [2.75, 3.05) is 0 Å². The minimum atomic E-state index is -3.72. The van der Waals surface area contributed by atoms with E-state index in [2.05, 4.69) is 9.71 Å². The van der Waals surface area contributed by atoms with Gasteiger partial charge in [0.05, 0.1) is 22.6 Å². The van der Waals surface area contributed by atoms with Crippen LogP contribution in [-0.4, -0.2) is 13.4 Å². The van der Waals surface area contributed by atoms with E-state index in [-0.39, 0.29) is 29.1 Å². The van der Waals surface area contributed by atoms with Crippen molar-refractivity contribution in [2.24, 2.45) is 5.73 Å². The summed E-state index contributed by atoms with van der Waals surface area (Å²) >= 11 is 1.38. The van der Waals surface area contributed by atoms with Crippen molar-refractivity contribution in [3.8, 4) is 0 Å². The zero-order valence-electron chi connectivity index (χ0n) is 10.8. The molecule has 2 rings (SSSR count). The van der Waals surface area contributed by atoms with Crippen LogP contribution in [0.1, 0.15) is 16.8 Å². The van der Waals surface area contributed by atoms with E-state index in [1.165, 1.54) is 30.4 Å². The fourth-order valence-electron chi connectivity index (χ4n) is 1.69. The number of sulfonamides is 1. The van der Waals surface area contributed by atoms with Crippen LogP contribution in [0.2, 0.25) is 0 Å². The van der Waals surface area contributed by atoms with Gasteiger partial charge in [-0.3, -0.25) is 0 Å². The molecule has 3 N–H and O–H groups in total. The third kappa shape index (κ3) is 3.21. The van der Waals surface area contributed by atoms with Crippen LogP contribution in [0, 0.1) is 12.7 Å². The zero-order valence-corrected chi connectivity index (χ0v) is 12.4. The summed E-state index contributed by atoms with van der Waals surface area (Å²) in [5, 5.41) is 1.75. The topological polar surface area (TPSA) is 85.1 Å². The van der Waals surface area contributed by atoms with Crippen LogP contribution in [-0.2, 0) is 23.1 Å². The highest BCUT2D eigenvalue weighted by atomic mass is 32.2. The van der Waals surface area contributed by atoms with Gasteiger partial charge in [0.15, 0.2) is 0 Å². The third-order valence-corrected chi connectivity index (χ3v) is 4.78. The van der Waals surface area contributed by atoms with Crippen LogP contribution in [0.5, 0.6) is 0 Å². The average molecular weight is 315 g/mol. The molecule has 1 aromatic heterocycles. The van der Waals surface area contributed by atoms with Crippen LogP contribution in [0.4, 0.5) is 4.39 Å². The molecule has 2 aromatic rings. The lowest BCUT2D eigenvalue weighted by molar-refractivity contribution is 0.577. The van der Waals surface area contributed by atoms with Gasteiger partial charge in [0.2, 0.25) is 10.0 Å². The first kappa shape index (κ1) is 15.0. The quantitative estimate of drug-likeness (QED) is 0.876. The van der Waals surface area contributed by atoms with Crippen LogP contribution < -0.4 is 10.5 Å². The van der Waals surface area contributed by atoms with Crippen molar-refractivity contribution in [3.63, 3.8) is 0 Å². The molecule has 0 saturated carbocycles. The maximum absolute atomic E-state index is 13.7. The van der Waals surface area contributed by atoms with Crippen molar-refractivity contribution in [1.82, 2.24) is 9.71 Å². The van der Waals surface area contributed by atoms with Gasteiger partial charge in [0.1, 0.15) is 5.82 Å². The number of halogens is 1. The largest absolute Gasteiger partial charge is 0.326 e. The van der Waals surface area contributed by atoms with Crippen LogP contribution in [0.15, 0.2) is 27.9 Å². The molecule has 8 heteroatoms. The Morgan fingerprint density at radius 3 is 2.80 bits per heavy atom. The molecule has 0 amide bonds. The van der Waals surface area contributed by atoms with E-state index in [1.54, 1.807) is 10.9 Å². The van der Waals surface area contributed by atoms with Gasteiger partial charge in [0.25, 0.3) is 0 Å². The Morgan fingerprint density at radius 1 is 1.45 bits per heavy atom. The first-order valence-electron chi connectivity index (χ1n) is 5.80. The van der Waals surface area contributed by atoms with E-state index in [4.69, 9.17) is 5.73 Å². The van der Waals surface area contributed by atoms with E-state index < -0.39 is 15.8 Å². The second kappa shape index (κ2) is 5.96. The van der Waals surface area contributed by atoms with Gasteiger partial charge in [-0.15, -0.1) is 11.3 Å². The van der Waals surface area contributed by atoms with E-state index in [0.717, 1.165) is 0 Å². The van der Waals surface area contributed by atoms with E-state index in [9.17, 15) is 12.8 Å². The van der Waals surface area contributed by atoms with E-state index in [1.807, 2.05) is 0 Å². The predicted octanol–water partition coefficient (Wildman–Crippen LogP) is 1.53. The highest BCUT2D eigenvalue weighted by molar-refractivity contribution is 7.89. The maximum Gasteiger partial charge on any atom is 0.240 e. The number of nitrogens with zero attached hydrogens (tertiary/aromatic N) is 1. The second-order valence-electron chi connectivity index (χ2n) is 4.22. The Labute approximate surface area is 120 Å². The minimum absolute atomic E-state index is 0.00656. The summed E-state index contributed by atoms with van der Waals surface area (Å²) in [6.45, 7) is 1.55. The highest BCUT2D eigenvalue weighted by Gasteiger charge is 2.17. The molecule has 108 valence electrons. The molecule has 0 unspecified atom stereocenters. The number of benzene rings is 1. The van der Waals surface area contributed by atoms with Gasteiger partial charge in [-0.25, -0.2) is 22.5 Å². The molecule has 0 aliphatic rings. The summed E-state index contributed by atoms with van der Waals surface area (Å²) in [6.07, 6.45) is 0. The van der Waals surface area contributed by atoms with Crippen LogP contribution in [0.25, 0.3) is 0 Å². The number of thiazole rings is 1. The number of rotatable bonds is 5. The van der Waals surface area contributed by atoms with Crippen molar-refractivity contribution in [2.45, 2.75) is 24.9 Å². The first-order chi connectivity index (χ1) is 9.44. The maximum atomic E-state index is 13.7. The monoisotopic (exact) mass is 315 g/mol. The average Bonchev–Trinajstić information content (AvgIpc) is 2.92. The summed E-state index contributed by atoms with van der Waals surface area (Å²) in [5.41, 5.74) is 8.11. The lowest BCUT2D eigenvalue weighted by atomic mass is 10.1. The fraction of sp³-hybridized carbons (Fsp3) is 0.250. The number of hydrogen-bond acceptors (Lipinski definition) is 5. The van der Waals surface area contributed by atoms with E-state index in [0.29, 0.717) is 5.69 Å². The molecule has 0 spiro atoms. The molecule has 0 radical (unpaired) electrons. The lowest BCUT2D eigenvalue weighted by Gasteiger charge is -2.10. The van der Waals surface area contributed by atoms with Crippen molar-refractivity contribution in [3.05, 3.63) is 45.7 Å². The van der Waals surface area contributed by atoms with Gasteiger partial charge < -0.3 is 5.73 Å². The van der Waals surface area contributed by atoms with Gasteiger partial charge in [-0.2, -0.15) is 0 Å². The molecule has 1 heterocycles. The normalized spacial score (nSPS) is 11.8. The van der Waals surface area contributed by atoms with Crippen LogP contribution >= 0.6 is 11.3 Å². The highest BCUT2D eigenvalue weighted by Crippen LogP contribution is 2.19. The Hall–Kier alpha value is -1.35. The predicted molar refractivity (Wildman–Crippen MR) is 75.2 cm³/mol. The van der Waals surface area contributed by atoms with Crippen molar-refractivity contribution in [1.29, 1.82) is 0 Å². The summed E-state index contributed by atoms with van der Waals surface area (Å²) in [6, 6.07) is 2.55. The molecule has 0 saturated heterocycles. The molecule has 5 nitrogen and oxygen atoms in total. The molecule has 20 heavy (non-hydrogen) atoms. The fourth-order valence-corrected chi connectivity index (χ4v) is 3.38. The molecule has 0 aliphatic carbocycles. The number of aromatic nitrogens is 1.